The summed E-state index contributed by atoms with van der Waals surface area (Å²) < 4.78 is 5.45. The van der Waals surface area contributed by atoms with Crippen LogP contribution in [-0.2, 0) is 33.7 Å². The zero-order valence-electron chi connectivity index (χ0n) is 17.1. The number of hydrogen-bond acceptors (Lipinski definition) is 3. The van der Waals surface area contributed by atoms with Crippen molar-refractivity contribution in [2.24, 2.45) is 5.41 Å². The second-order valence-electron chi connectivity index (χ2n) is 7.65. The normalized spacial score (nSPS) is 18.0. The number of fused-ring (bicyclic) bond motifs is 1. The highest BCUT2D eigenvalue weighted by Gasteiger charge is 2.53. The van der Waals surface area contributed by atoms with Crippen molar-refractivity contribution in [3.8, 4) is 0 Å². The zero-order valence-corrected chi connectivity index (χ0v) is 17.1. The van der Waals surface area contributed by atoms with Gasteiger partial charge in [0.1, 0.15) is 0 Å². The van der Waals surface area contributed by atoms with Crippen molar-refractivity contribution in [3.05, 3.63) is 102 Å². The van der Waals surface area contributed by atoms with Gasteiger partial charge in [-0.15, -0.1) is 0 Å². The van der Waals surface area contributed by atoms with Gasteiger partial charge in [0.2, 0.25) is 5.91 Å². The Balaban J connectivity index is 1.81. The van der Waals surface area contributed by atoms with Crippen LogP contribution in [0.2, 0.25) is 0 Å². The SMILES string of the molecule is CCOC(=O)[C@@]1(Cc2ccccc2)Cc2ccccc2N(Cc2ccccc2)C1=O. The van der Waals surface area contributed by atoms with E-state index in [0.29, 0.717) is 19.4 Å². The molecule has 4 heteroatoms. The lowest BCUT2D eigenvalue weighted by Gasteiger charge is -2.41. The summed E-state index contributed by atoms with van der Waals surface area (Å²) in [5.74, 6) is -0.654. The number of amides is 1. The summed E-state index contributed by atoms with van der Waals surface area (Å²) >= 11 is 0. The molecule has 1 amide bonds. The van der Waals surface area contributed by atoms with Crippen molar-refractivity contribution >= 4 is 17.6 Å². The Labute approximate surface area is 177 Å². The molecule has 0 unspecified atom stereocenters. The molecule has 30 heavy (non-hydrogen) atoms. The number of carbonyl (C=O) groups is 2. The maximum atomic E-state index is 14.0. The van der Waals surface area contributed by atoms with Crippen LogP contribution in [0.3, 0.4) is 0 Å². The number of carbonyl (C=O) groups excluding carboxylic acids is 2. The fraction of sp³-hybridized carbons (Fsp3) is 0.231. The maximum absolute atomic E-state index is 14.0. The molecule has 0 saturated heterocycles. The largest absolute Gasteiger partial charge is 0.465 e. The van der Waals surface area contributed by atoms with Gasteiger partial charge < -0.3 is 9.64 Å². The topological polar surface area (TPSA) is 46.6 Å². The number of para-hydroxylation sites is 1. The van der Waals surface area contributed by atoms with Gasteiger partial charge in [-0.1, -0.05) is 78.9 Å². The van der Waals surface area contributed by atoms with Crippen molar-refractivity contribution in [1.82, 2.24) is 0 Å². The standard InChI is InChI=1S/C26H25NO3/c1-2-30-25(29)26(17-20-11-5-3-6-12-20)18-22-15-9-10-16-23(22)27(24(26)28)19-21-13-7-4-8-14-21/h3-16H,2,17-19H2,1H3/t26-/m0/s1. The van der Waals surface area contributed by atoms with Crippen molar-refractivity contribution in [2.45, 2.75) is 26.3 Å². The Hall–Kier alpha value is -3.40. The van der Waals surface area contributed by atoms with E-state index in [4.69, 9.17) is 4.74 Å². The maximum Gasteiger partial charge on any atom is 0.322 e. The van der Waals surface area contributed by atoms with Gasteiger partial charge in [-0.3, -0.25) is 9.59 Å². The highest BCUT2D eigenvalue weighted by atomic mass is 16.5. The monoisotopic (exact) mass is 399 g/mol. The molecule has 0 spiro atoms. The lowest BCUT2D eigenvalue weighted by molar-refractivity contribution is -0.160. The molecule has 1 heterocycles. The van der Waals surface area contributed by atoms with Crippen LogP contribution in [0, 0.1) is 5.41 Å². The summed E-state index contributed by atoms with van der Waals surface area (Å²) in [6, 6.07) is 27.4. The molecule has 0 aliphatic carbocycles. The van der Waals surface area contributed by atoms with E-state index in [1.807, 2.05) is 84.9 Å². The van der Waals surface area contributed by atoms with Gasteiger partial charge in [0.05, 0.1) is 13.2 Å². The summed E-state index contributed by atoms with van der Waals surface area (Å²) in [5.41, 5.74) is 2.52. The minimum absolute atomic E-state index is 0.202. The van der Waals surface area contributed by atoms with Gasteiger partial charge in [-0.25, -0.2) is 0 Å². The number of benzene rings is 3. The van der Waals surface area contributed by atoms with Gasteiger partial charge >= 0.3 is 5.97 Å². The Bertz CT molecular complexity index is 1030. The molecule has 3 aromatic rings. The first-order valence-electron chi connectivity index (χ1n) is 10.3. The summed E-state index contributed by atoms with van der Waals surface area (Å²) in [4.78, 5) is 29.0. The third-order valence-corrected chi connectivity index (χ3v) is 5.63. The highest BCUT2D eigenvalue weighted by Crippen LogP contribution is 2.41. The van der Waals surface area contributed by atoms with Crippen LogP contribution in [0.5, 0.6) is 0 Å². The molecule has 0 saturated carbocycles. The van der Waals surface area contributed by atoms with Crippen molar-refractivity contribution in [1.29, 1.82) is 0 Å². The molecule has 0 N–H and O–H groups in total. The summed E-state index contributed by atoms with van der Waals surface area (Å²) in [6.07, 6.45) is 0.645. The second kappa shape index (κ2) is 8.54. The number of ether oxygens (including phenoxy) is 1. The molecule has 1 aliphatic heterocycles. The van der Waals surface area contributed by atoms with E-state index in [1.165, 1.54) is 0 Å². The predicted molar refractivity (Wildman–Crippen MR) is 117 cm³/mol. The Kier molecular flexibility index (Phi) is 5.66. The molecule has 0 aromatic heterocycles. The number of rotatable bonds is 6. The van der Waals surface area contributed by atoms with Gasteiger partial charge in [-0.05, 0) is 42.5 Å². The van der Waals surface area contributed by atoms with Gasteiger partial charge in [0.15, 0.2) is 5.41 Å². The van der Waals surface area contributed by atoms with Crippen LogP contribution in [0.15, 0.2) is 84.9 Å². The van der Waals surface area contributed by atoms with E-state index in [2.05, 4.69) is 0 Å². The van der Waals surface area contributed by atoms with E-state index in [0.717, 1.165) is 22.4 Å². The van der Waals surface area contributed by atoms with Crippen molar-refractivity contribution < 1.29 is 14.3 Å². The zero-order chi connectivity index (χ0) is 21.0. The first kappa shape index (κ1) is 19.9. The molecule has 152 valence electrons. The Morgan fingerprint density at radius 3 is 2.17 bits per heavy atom. The predicted octanol–water partition coefficient (Wildman–Crippen LogP) is 4.57. The smallest absolute Gasteiger partial charge is 0.322 e. The van der Waals surface area contributed by atoms with E-state index < -0.39 is 11.4 Å². The number of hydrogen-bond donors (Lipinski definition) is 0. The number of anilines is 1. The quantitative estimate of drug-likeness (QED) is 0.451. The first-order chi connectivity index (χ1) is 14.6. The third-order valence-electron chi connectivity index (χ3n) is 5.63. The lowest BCUT2D eigenvalue weighted by Crippen LogP contribution is -2.55. The molecule has 4 nitrogen and oxygen atoms in total. The molecular weight excluding hydrogens is 374 g/mol. The number of esters is 1. The highest BCUT2D eigenvalue weighted by molar-refractivity contribution is 6.12. The molecule has 4 rings (SSSR count). The Morgan fingerprint density at radius 1 is 0.900 bits per heavy atom. The summed E-state index contributed by atoms with van der Waals surface area (Å²) in [7, 11) is 0. The minimum atomic E-state index is -1.28. The molecule has 1 atom stereocenters. The van der Waals surface area contributed by atoms with Gasteiger partial charge in [0.25, 0.3) is 0 Å². The Morgan fingerprint density at radius 2 is 1.50 bits per heavy atom. The molecule has 1 aliphatic rings. The van der Waals surface area contributed by atoms with Crippen molar-refractivity contribution in [3.63, 3.8) is 0 Å². The van der Waals surface area contributed by atoms with Crippen molar-refractivity contribution in [2.75, 3.05) is 11.5 Å². The van der Waals surface area contributed by atoms with Crippen LogP contribution in [-0.4, -0.2) is 18.5 Å². The molecular formula is C26H25NO3. The second-order valence-corrected chi connectivity index (χ2v) is 7.65. The van der Waals surface area contributed by atoms with Gasteiger partial charge in [-0.2, -0.15) is 0 Å². The summed E-state index contributed by atoms with van der Waals surface area (Å²) in [6.45, 7) is 2.42. The van der Waals surface area contributed by atoms with Gasteiger partial charge in [0, 0.05) is 5.69 Å². The number of nitrogens with zero attached hydrogens (tertiary/aromatic N) is 1. The molecule has 3 aromatic carbocycles. The van der Waals surface area contributed by atoms with Crippen LogP contribution in [0.1, 0.15) is 23.6 Å². The molecule has 0 bridgehead atoms. The van der Waals surface area contributed by atoms with E-state index in [-0.39, 0.29) is 12.5 Å². The molecule has 0 radical (unpaired) electrons. The van der Waals surface area contributed by atoms with Crippen LogP contribution >= 0.6 is 0 Å². The first-order valence-corrected chi connectivity index (χ1v) is 10.3. The van der Waals surface area contributed by atoms with E-state index >= 15 is 0 Å². The average molecular weight is 399 g/mol. The lowest BCUT2D eigenvalue weighted by atomic mass is 9.72. The average Bonchev–Trinajstić information content (AvgIpc) is 2.78. The van der Waals surface area contributed by atoms with E-state index in [9.17, 15) is 9.59 Å². The van der Waals surface area contributed by atoms with E-state index in [1.54, 1.807) is 11.8 Å². The fourth-order valence-electron chi connectivity index (χ4n) is 4.20. The minimum Gasteiger partial charge on any atom is -0.465 e. The fourth-order valence-corrected chi connectivity index (χ4v) is 4.20. The molecule has 0 fully saturated rings. The summed E-state index contributed by atoms with van der Waals surface area (Å²) in [5, 5.41) is 0. The van der Waals surface area contributed by atoms with Crippen LogP contribution in [0.4, 0.5) is 5.69 Å². The van der Waals surface area contributed by atoms with Crippen LogP contribution < -0.4 is 4.90 Å². The van der Waals surface area contributed by atoms with Crippen LogP contribution in [0.25, 0.3) is 0 Å². The third kappa shape index (κ3) is 3.73.